The number of ether oxygens (including phenoxy) is 1. The maximum Gasteiger partial charge on any atom is 0.175 e. The number of hydrogen-bond donors (Lipinski definition) is 1. The third-order valence-corrected chi connectivity index (χ3v) is 4.73. The fourth-order valence-corrected chi connectivity index (χ4v) is 3.21. The quantitative estimate of drug-likeness (QED) is 0.880. The first-order valence-electron chi connectivity index (χ1n) is 5.81. The molecule has 0 fully saturated rings. The van der Waals surface area contributed by atoms with Crippen molar-refractivity contribution in [2.24, 2.45) is 0 Å². The number of methoxy groups -OCH3 is 1. The van der Waals surface area contributed by atoms with E-state index in [0.717, 1.165) is 9.79 Å². The van der Waals surface area contributed by atoms with Crippen LogP contribution < -0.4 is 10.5 Å². The fourth-order valence-electron chi connectivity index (χ4n) is 1.66. The van der Waals surface area contributed by atoms with Crippen molar-refractivity contribution in [2.45, 2.75) is 14.7 Å². The Kier molecular flexibility index (Phi) is 4.25. The molecule has 2 aromatic carbocycles. The first-order valence-corrected chi connectivity index (χ1v) is 8.52. The van der Waals surface area contributed by atoms with E-state index < -0.39 is 9.84 Å². The summed E-state index contributed by atoms with van der Waals surface area (Å²) in [6.45, 7) is 0. The van der Waals surface area contributed by atoms with E-state index in [9.17, 15) is 8.42 Å². The molecule has 0 unspecified atom stereocenters. The van der Waals surface area contributed by atoms with Crippen LogP contribution in [0.1, 0.15) is 0 Å². The summed E-state index contributed by atoms with van der Waals surface area (Å²) in [5, 5.41) is 0. The van der Waals surface area contributed by atoms with Crippen LogP contribution in [0.15, 0.2) is 57.2 Å². The van der Waals surface area contributed by atoms with Crippen LogP contribution in [0.25, 0.3) is 0 Å². The molecule has 0 saturated heterocycles. The molecule has 0 amide bonds. The highest BCUT2D eigenvalue weighted by Gasteiger charge is 2.07. The van der Waals surface area contributed by atoms with E-state index in [0.29, 0.717) is 16.3 Å². The minimum atomic E-state index is -3.16. The van der Waals surface area contributed by atoms with Gasteiger partial charge in [0.2, 0.25) is 0 Å². The average molecular weight is 309 g/mol. The van der Waals surface area contributed by atoms with Crippen LogP contribution in [0.2, 0.25) is 0 Å². The van der Waals surface area contributed by atoms with Gasteiger partial charge in [0.05, 0.1) is 12.0 Å². The molecular formula is C14H15NO3S2. The second kappa shape index (κ2) is 5.76. The number of rotatable bonds is 4. The summed E-state index contributed by atoms with van der Waals surface area (Å²) >= 11 is 1.50. The topological polar surface area (TPSA) is 69.4 Å². The van der Waals surface area contributed by atoms with Gasteiger partial charge in [0.25, 0.3) is 0 Å². The van der Waals surface area contributed by atoms with Gasteiger partial charge in [0, 0.05) is 27.8 Å². The standard InChI is InChI=1S/C14H15NO3S2/c1-18-11-7-10(15)8-13(9-11)19-12-3-5-14(6-4-12)20(2,16)17/h3-9H,15H2,1-2H3. The Bertz CT molecular complexity index is 710. The van der Waals surface area contributed by atoms with Gasteiger partial charge < -0.3 is 10.5 Å². The molecule has 0 bridgehead atoms. The largest absolute Gasteiger partial charge is 0.497 e. The predicted octanol–water partition coefficient (Wildman–Crippen LogP) is 2.83. The van der Waals surface area contributed by atoms with E-state index >= 15 is 0 Å². The maximum atomic E-state index is 11.4. The number of sulfone groups is 1. The summed E-state index contributed by atoms with van der Waals surface area (Å²) in [7, 11) is -1.57. The van der Waals surface area contributed by atoms with Crippen molar-refractivity contribution in [2.75, 3.05) is 19.1 Å². The molecular weight excluding hydrogens is 294 g/mol. The molecule has 0 aliphatic rings. The van der Waals surface area contributed by atoms with Crippen LogP contribution in [0.5, 0.6) is 5.75 Å². The Labute approximate surface area is 122 Å². The van der Waals surface area contributed by atoms with Gasteiger partial charge in [-0.3, -0.25) is 0 Å². The number of hydrogen-bond acceptors (Lipinski definition) is 5. The fraction of sp³-hybridized carbons (Fsp3) is 0.143. The zero-order chi connectivity index (χ0) is 14.8. The van der Waals surface area contributed by atoms with Gasteiger partial charge in [-0.15, -0.1) is 0 Å². The van der Waals surface area contributed by atoms with E-state index in [4.69, 9.17) is 10.5 Å². The molecule has 0 spiro atoms. The second-order valence-electron chi connectivity index (χ2n) is 4.29. The molecule has 0 aliphatic carbocycles. The van der Waals surface area contributed by atoms with Crippen molar-refractivity contribution < 1.29 is 13.2 Å². The number of benzene rings is 2. The van der Waals surface area contributed by atoms with Crippen molar-refractivity contribution in [1.82, 2.24) is 0 Å². The first-order chi connectivity index (χ1) is 9.38. The molecule has 0 aliphatic heterocycles. The Hall–Kier alpha value is -1.66. The van der Waals surface area contributed by atoms with Gasteiger partial charge in [0.15, 0.2) is 9.84 Å². The number of nitrogens with two attached hydrogens (primary N) is 1. The minimum absolute atomic E-state index is 0.312. The number of anilines is 1. The Morgan fingerprint density at radius 1 is 1.05 bits per heavy atom. The summed E-state index contributed by atoms with van der Waals surface area (Å²) < 4.78 is 27.9. The molecule has 0 saturated carbocycles. The normalized spacial score (nSPS) is 11.3. The number of nitrogen functional groups attached to an aromatic ring is 1. The minimum Gasteiger partial charge on any atom is -0.497 e. The molecule has 2 rings (SSSR count). The Morgan fingerprint density at radius 3 is 2.25 bits per heavy atom. The zero-order valence-corrected chi connectivity index (χ0v) is 12.8. The highest BCUT2D eigenvalue weighted by molar-refractivity contribution is 7.99. The highest BCUT2D eigenvalue weighted by atomic mass is 32.2. The van der Waals surface area contributed by atoms with Crippen LogP contribution in [0, 0.1) is 0 Å². The van der Waals surface area contributed by atoms with E-state index in [1.165, 1.54) is 18.0 Å². The molecule has 0 heterocycles. The summed E-state index contributed by atoms with van der Waals surface area (Å²) in [4.78, 5) is 2.19. The molecule has 0 aromatic heterocycles. The third kappa shape index (κ3) is 3.68. The van der Waals surface area contributed by atoms with Gasteiger partial charge in [-0.2, -0.15) is 0 Å². The van der Waals surface area contributed by atoms with E-state index in [1.807, 2.05) is 12.1 Å². The van der Waals surface area contributed by atoms with E-state index in [2.05, 4.69) is 0 Å². The van der Waals surface area contributed by atoms with Gasteiger partial charge in [-0.25, -0.2) is 8.42 Å². The Morgan fingerprint density at radius 2 is 1.70 bits per heavy atom. The lowest BCUT2D eigenvalue weighted by molar-refractivity contribution is 0.414. The van der Waals surface area contributed by atoms with E-state index in [-0.39, 0.29) is 0 Å². The van der Waals surface area contributed by atoms with Crippen molar-refractivity contribution >= 4 is 27.3 Å². The lowest BCUT2D eigenvalue weighted by atomic mass is 10.3. The lowest BCUT2D eigenvalue weighted by Crippen LogP contribution is -1.95. The molecule has 2 N–H and O–H groups in total. The molecule has 106 valence electrons. The maximum absolute atomic E-state index is 11.4. The highest BCUT2D eigenvalue weighted by Crippen LogP contribution is 2.32. The third-order valence-electron chi connectivity index (χ3n) is 2.63. The summed E-state index contributed by atoms with van der Waals surface area (Å²) in [5.74, 6) is 0.695. The first kappa shape index (κ1) is 14.7. The van der Waals surface area contributed by atoms with Crippen molar-refractivity contribution in [3.8, 4) is 5.75 Å². The van der Waals surface area contributed by atoms with Crippen LogP contribution in [-0.4, -0.2) is 21.8 Å². The molecule has 2 aromatic rings. The van der Waals surface area contributed by atoms with Crippen molar-refractivity contribution in [3.05, 3.63) is 42.5 Å². The predicted molar refractivity (Wildman–Crippen MR) is 81.1 cm³/mol. The molecule has 0 radical (unpaired) electrons. The van der Waals surface area contributed by atoms with Crippen LogP contribution >= 0.6 is 11.8 Å². The molecule has 20 heavy (non-hydrogen) atoms. The summed E-state index contributed by atoms with van der Waals surface area (Å²) in [5.41, 5.74) is 6.42. The summed E-state index contributed by atoms with van der Waals surface area (Å²) in [6, 6.07) is 12.2. The van der Waals surface area contributed by atoms with Gasteiger partial charge in [0.1, 0.15) is 5.75 Å². The van der Waals surface area contributed by atoms with Gasteiger partial charge >= 0.3 is 0 Å². The van der Waals surface area contributed by atoms with Crippen LogP contribution in [-0.2, 0) is 9.84 Å². The average Bonchev–Trinajstić information content (AvgIpc) is 2.37. The van der Waals surface area contributed by atoms with Crippen LogP contribution in [0.4, 0.5) is 5.69 Å². The zero-order valence-electron chi connectivity index (χ0n) is 11.2. The molecule has 6 heteroatoms. The Balaban J connectivity index is 2.24. The monoisotopic (exact) mass is 309 g/mol. The smallest absolute Gasteiger partial charge is 0.175 e. The van der Waals surface area contributed by atoms with E-state index in [1.54, 1.807) is 37.4 Å². The lowest BCUT2D eigenvalue weighted by Gasteiger charge is -2.07. The van der Waals surface area contributed by atoms with Gasteiger partial charge in [-0.05, 0) is 36.4 Å². The molecule has 0 atom stereocenters. The van der Waals surface area contributed by atoms with Crippen molar-refractivity contribution in [1.29, 1.82) is 0 Å². The van der Waals surface area contributed by atoms with Crippen LogP contribution in [0.3, 0.4) is 0 Å². The van der Waals surface area contributed by atoms with Crippen molar-refractivity contribution in [3.63, 3.8) is 0 Å². The SMILES string of the molecule is COc1cc(N)cc(Sc2ccc(S(C)(=O)=O)cc2)c1. The van der Waals surface area contributed by atoms with Gasteiger partial charge in [-0.1, -0.05) is 11.8 Å². The molecule has 4 nitrogen and oxygen atoms in total. The summed E-state index contributed by atoms with van der Waals surface area (Å²) in [6.07, 6.45) is 1.19. The second-order valence-corrected chi connectivity index (χ2v) is 7.45.